The first-order chi connectivity index (χ1) is 8.88. The minimum atomic E-state index is 0.0266. The van der Waals surface area contributed by atoms with Gasteiger partial charge < -0.3 is 9.80 Å². The van der Waals surface area contributed by atoms with Gasteiger partial charge in [-0.2, -0.15) is 5.10 Å². The van der Waals surface area contributed by atoms with Crippen LogP contribution in [-0.4, -0.2) is 47.2 Å². The summed E-state index contributed by atoms with van der Waals surface area (Å²) in [4.78, 5) is 15.3. The van der Waals surface area contributed by atoms with E-state index >= 15 is 0 Å². The van der Waals surface area contributed by atoms with Gasteiger partial charge in [-0.15, -0.1) is 5.10 Å². The second kappa shape index (κ2) is 5.15. The third-order valence-corrected chi connectivity index (χ3v) is 3.47. The van der Waals surface area contributed by atoms with Gasteiger partial charge in [-0.05, 0) is 12.1 Å². The summed E-state index contributed by atoms with van der Waals surface area (Å²) >= 11 is 0. The number of aromatic nitrogens is 2. The summed E-state index contributed by atoms with van der Waals surface area (Å²) in [5, 5.41) is 8.62. The van der Waals surface area contributed by atoms with E-state index in [1.54, 1.807) is 6.92 Å². The van der Waals surface area contributed by atoms with Gasteiger partial charge in [0.2, 0.25) is 5.91 Å². The van der Waals surface area contributed by atoms with Gasteiger partial charge in [0.25, 0.3) is 0 Å². The predicted molar refractivity (Wildman–Crippen MR) is 75.2 cm³/mol. The number of piperazine rings is 1. The normalized spacial score (nSPS) is 16.6. The first-order valence-electron chi connectivity index (χ1n) is 6.72. The van der Waals surface area contributed by atoms with Crippen LogP contribution in [0.3, 0.4) is 0 Å². The van der Waals surface area contributed by atoms with E-state index in [9.17, 15) is 4.79 Å². The second-order valence-corrected chi connectivity index (χ2v) is 6.02. The largest absolute Gasteiger partial charge is 0.352 e. The van der Waals surface area contributed by atoms with Gasteiger partial charge in [-0.25, -0.2) is 0 Å². The van der Waals surface area contributed by atoms with E-state index in [0.29, 0.717) is 0 Å². The molecule has 5 heteroatoms. The van der Waals surface area contributed by atoms with E-state index in [1.807, 2.05) is 17.0 Å². The van der Waals surface area contributed by atoms with Crippen molar-refractivity contribution in [3.05, 3.63) is 17.8 Å². The van der Waals surface area contributed by atoms with E-state index in [1.165, 1.54) is 0 Å². The van der Waals surface area contributed by atoms with Gasteiger partial charge in [-0.1, -0.05) is 20.8 Å². The second-order valence-electron chi connectivity index (χ2n) is 6.02. The Labute approximate surface area is 114 Å². The molecule has 2 heterocycles. The Morgan fingerprint density at radius 3 is 2.16 bits per heavy atom. The Kier molecular flexibility index (Phi) is 3.73. The number of anilines is 1. The minimum Gasteiger partial charge on any atom is -0.352 e. The SMILES string of the molecule is CC(=O)N1CCN(c2ccc(C(C)(C)C)nn2)CC1. The van der Waals surface area contributed by atoms with E-state index < -0.39 is 0 Å². The zero-order valence-electron chi connectivity index (χ0n) is 12.2. The van der Waals surface area contributed by atoms with Crippen molar-refractivity contribution >= 4 is 11.7 Å². The highest BCUT2D eigenvalue weighted by atomic mass is 16.2. The standard InChI is InChI=1S/C14H22N4O/c1-11(19)17-7-9-18(10-8-17)13-6-5-12(15-16-13)14(2,3)4/h5-6H,7-10H2,1-4H3. The molecule has 0 saturated carbocycles. The first-order valence-corrected chi connectivity index (χ1v) is 6.72. The molecule has 1 aliphatic rings. The monoisotopic (exact) mass is 262 g/mol. The fraction of sp³-hybridized carbons (Fsp3) is 0.643. The minimum absolute atomic E-state index is 0.0266. The Hall–Kier alpha value is -1.65. The molecule has 1 fully saturated rings. The van der Waals surface area contributed by atoms with Gasteiger partial charge in [0.1, 0.15) is 0 Å². The molecule has 0 unspecified atom stereocenters. The average Bonchev–Trinajstić information content (AvgIpc) is 2.38. The molecule has 2 rings (SSSR count). The molecule has 1 saturated heterocycles. The van der Waals surface area contributed by atoms with Crippen LogP contribution in [0.15, 0.2) is 12.1 Å². The molecule has 1 aromatic rings. The molecule has 0 atom stereocenters. The molecule has 0 radical (unpaired) electrons. The maximum absolute atomic E-state index is 11.3. The molecule has 0 aromatic carbocycles. The van der Waals surface area contributed by atoms with E-state index in [4.69, 9.17) is 0 Å². The molecule has 1 aliphatic heterocycles. The van der Waals surface area contributed by atoms with Gasteiger partial charge >= 0.3 is 0 Å². The van der Waals surface area contributed by atoms with Crippen LogP contribution in [0.25, 0.3) is 0 Å². The molecule has 1 amide bonds. The number of hydrogen-bond acceptors (Lipinski definition) is 4. The molecule has 19 heavy (non-hydrogen) atoms. The Bertz CT molecular complexity index is 442. The molecule has 0 spiro atoms. The Morgan fingerprint density at radius 2 is 1.74 bits per heavy atom. The third-order valence-electron chi connectivity index (χ3n) is 3.47. The summed E-state index contributed by atoms with van der Waals surface area (Å²) in [5.41, 5.74) is 1.03. The van der Waals surface area contributed by atoms with Crippen LogP contribution in [0, 0.1) is 0 Å². The van der Waals surface area contributed by atoms with Crippen molar-refractivity contribution in [2.45, 2.75) is 33.1 Å². The lowest BCUT2D eigenvalue weighted by atomic mass is 9.92. The van der Waals surface area contributed by atoms with Crippen molar-refractivity contribution in [2.75, 3.05) is 31.1 Å². The highest BCUT2D eigenvalue weighted by Crippen LogP contribution is 2.21. The van der Waals surface area contributed by atoms with Crippen molar-refractivity contribution in [1.82, 2.24) is 15.1 Å². The number of carbonyl (C=O) groups is 1. The quantitative estimate of drug-likeness (QED) is 0.768. The number of carbonyl (C=O) groups excluding carboxylic acids is 1. The van der Waals surface area contributed by atoms with E-state index in [0.717, 1.165) is 37.7 Å². The highest BCUT2D eigenvalue weighted by molar-refractivity contribution is 5.73. The number of hydrogen-bond donors (Lipinski definition) is 0. The van der Waals surface area contributed by atoms with Crippen LogP contribution in [0.2, 0.25) is 0 Å². The molecule has 1 aromatic heterocycles. The molecular formula is C14H22N4O. The van der Waals surface area contributed by atoms with Crippen LogP contribution in [0.5, 0.6) is 0 Å². The van der Waals surface area contributed by atoms with E-state index in [2.05, 4.69) is 35.9 Å². The average molecular weight is 262 g/mol. The Morgan fingerprint density at radius 1 is 1.11 bits per heavy atom. The Balaban J connectivity index is 2.02. The molecule has 0 aliphatic carbocycles. The van der Waals surface area contributed by atoms with Crippen LogP contribution >= 0.6 is 0 Å². The number of nitrogens with zero attached hydrogens (tertiary/aromatic N) is 4. The summed E-state index contributed by atoms with van der Waals surface area (Å²) in [7, 11) is 0. The summed E-state index contributed by atoms with van der Waals surface area (Å²) in [5.74, 6) is 1.05. The maximum Gasteiger partial charge on any atom is 0.219 e. The third kappa shape index (κ3) is 3.22. The van der Waals surface area contributed by atoms with Crippen LogP contribution in [-0.2, 0) is 10.2 Å². The lowest BCUT2D eigenvalue weighted by molar-refractivity contribution is -0.129. The molecule has 0 N–H and O–H groups in total. The number of amides is 1. The van der Waals surface area contributed by atoms with Crippen molar-refractivity contribution in [3.63, 3.8) is 0 Å². The summed E-state index contributed by atoms with van der Waals surface area (Å²) in [6, 6.07) is 4.07. The van der Waals surface area contributed by atoms with Crippen LogP contribution < -0.4 is 4.90 Å². The van der Waals surface area contributed by atoms with Gasteiger partial charge in [-0.3, -0.25) is 4.79 Å². The fourth-order valence-electron chi connectivity index (χ4n) is 2.14. The summed E-state index contributed by atoms with van der Waals surface area (Å²) in [6.45, 7) is 11.2. The van der Waals surface area contributed by atoms with Crippen molar-refractivity contribution < 1.29 is 4.79 Å². The molecule has 0 bridgehead atoms. The first kappa shape index (κ1) is 13.8. The van der Waals surface area contributed by atoms with Crippen LogP contribution in [0.4, 0.5) is 5.82 Å². The lowest BCUT2D eigenvalue weighted by Gasteiger charge is -2.34. The van der Waals surface area contributed by atoms with Crippen LogP contribution in [0.1, 0.15) is 33.4 Å². The fourth-order valence-corrected chi connectivity index (χ4v) is 2.14. The van der Waals surface area contributed by atoms with Crippen molar-refractivity contribution in [2.24, 2.45) is 0 Å². The lowest BCUT2D eigenvalue weighted by Crippen LogP contribution is -2.48. The van der Waals surface area contributed by atoms with Crippen molar-refractivity contribution in [3.8, 4) is 0 Å². The van der Waals surface area contributed by atoms with Gasteiger partial charge in [0, 0.05) is 38.5 Å². The molecule has 104 valence electrons. The topological polar surface area (TPSA) is 49.3 Å². The zero-order valence-corrected chi connectivity index (χ0v) is 12.2. The van der Waals surface area contributed by atoms with Gasteiger partial charge in [0.05, 0.1) is 5.69 Å². The number of rotatable bonds is 1. The van der Waals surface area contributed by atoms with Gasteiger partial charge in [0.15, 0.2) is 5.82 Å². The zero-order chi connectivity index (χ0) is 14.0. The summed E-state index contributed by atoms with van der Waals surface area (Å²) in [6.07, 6.45) is 0. The van der Waals surface area contributed by atoms with Crippen molar-refractivity contribution in [1.29, 1.82) is 0 Å². The molecular weight excluding hydrogens is 240 g/mol. The predicted octanol–water partition coefficient (Wildman–Crippen LogP) is 1.44. The van der Waals surface area contributed by atoms with E-state index in [-0.39, 0.29) is 11.3 Å². The molecule has 5 nitrogen and oxygen atoms in total. The summed E-state index contributed by atoms with van der Waals surface area (Å²) < 4.78 is 0. The smallest absolute Gasteiger partial charge is 0.219 e. The highest BCUT2D eigenvalue weighted by Gasteiger charge is 2.21. The maximum atomic E-state index is 11.3.